The maximum absolute atomic E-state index is 12.3. The van der Waals surface area contributed by atoms with Crippen molar-refractivity contribution >= 4 is 12.0 Å². The van der Waals surface area contributed by atoms with Crippen LogP contribution in [0.5, 0.6) is 0 Å². The van der Waals surface area contributed by atoms with E-state index in [9.17, 15) is 9.59 Å². The van der Waals surface area contributed by atoms with Gasteiger partial charge in [-0.3, -0.25) is 4.79 Å². The molecule has 7 heteroatoms. The number of nitrogens with zero attached hydrogens (tertiary/aromatic N) is 2. The van der Waals surface area contributed by atoms with E-state index in [1.54, 1.807) is 11.0 Å². The van der Waals surface area contributed by atoms with Gasteiger partial charge in [-0.15, -0.1) is 0 Å². The summed E-state index contributed by atoms with van der Waals surface area (Å²) in [4.78, 5) is 26.3. The summed E-state index contributed by atoms with van der Waals surface area (Å²) in [6, 6.07) is 1.77. The Morgan fingerprint density at radius 1 is 1.32 bits per heavy atom. The predicted octanol–water partition coefficient (Wildman–Crippen LogP) is 3.07. The quantitative estimate of drug-likeness (QED) is 0.906. The molecular weight excluding hydrogens is 322 g/mol. The molecule has 1 unspecified atom stereocenters. The molecule has 1 aromatic heterocycles. The summed E-state index contributed by atoms with van der Waals surface area (Å²) in [5, 5.41) is 6.88. The monoisotopic (exact) mass is 349 g/mol. The molecule has 25 heavy (non-hydrogen) atoms. The molecule has 1 saturated heterocycles. The number of rotatable bonds is 3. The van der Waals surface area contributed by atoms with E-state index in [0.717, 1.165) is 18.6 Å². The van der Waals surface area contributed by atoms with Crippen LogP contribution in [0.1, 0.15) is 75.5 Å². The number of ether oxygens (including phenoxy) is 1. The molecule has 7 nitrogen and oxygen atoms in total. The summed E-state index contributed by atoms with van der Waals surface area (Å²) in [6.45, 7) is 8.11. The average molecular weight is 349 g/mol. The Balaban J connectivity index is 1.52. The molecule has 2 aliphatic rings. The number of carbonyl (C=O) groups is 2. The van der Waals surface area contributed by atoms with Crippen molar-refractivity contribution in [3.8, 4) is 0 Å². The van der Waals surface area contributed by atoms with Crippen LogP contribution < -0.4 is 5.32 Å². The van der Waals surface area contributed by atoms with Crippen molar-refractivity contribution in [1.29, 1.82) is 0 Å². The molecule has 2 fully saturated rings. The van der Waals surface area contributed by atoms with Crippen molar-refractivity contribution in [3.05, 3.63) is 17.5 Å². The molecule has 1 saturated carbocycles. The zero-order chi connectivity index (χ0) is 18.2. The highest BCUT2D eigenvalue weighted by molar-refractivity contribution is 5.92. The van der Waals surface area contributed by atoms with E-state index in [-0.39, 0.29) is 24.1 Å². The maximum Gasteiger partial charge on any atom is 0.410 e. The first-order valence-electron chi connectivity index (χ1n) is 9.00. The topological polar surface area (TPSA) is 84.7 Å². The second-order valence-electron chi connectivity index (χ2n) is 8.11. The molecule has 0 spiro atoms. The SMILES string of the molecule is C[C@H]1CC(NC(=O)c2cc(C3CC3)on2)CCN1C(=O)OC(C)(C)C. The zero-order valence-electron chi connectivity index (χ0n) is 15.4. The van der Waals surface area contributed by atoms with E-state index in [1.165, 1.54) is 0 Å². The Morgan fingerprint density at radius 3 is 2.64 bits per heavy atom. The van der Waals surface area contributed by atoms with Crippen LogP contribution in [0.25, 0.3) is 0 Å². The van der Waals surface area contributed by atoms with Crippen molar-refractivity contribution in [3.63, 3.8) is 0 Å². The number of aromatic nitrogens is 1. The summed E-state index contributed by atoms with van der Waals surface area (Å²) in [6.07, 6.45) is 3.31. The minimum atomic E-state index is -0.506. The first-order valence-corrected chi connectivity index (χ1v) is 9.00. The maximum atomic E-state index is 12.3. The van der Waals surface area contributed by atoms with E-state index in [2.05, 4.69) is 10.5 Å². The van der Waals surface area contributed by atoms with Gasteiger partial charge in [-0.2, -0.15) is 0 Å². The van der Waals surface area contributed by atoms with Crippen molar-refractivity contribution < 1.29 is 18.8 Å². The highest BCUT2D eigenvalue weighted by atomic mass is 16.6. The molecule has 2 amide bonds. The van der Waals surface area contributed by atoms with Crippen LogP contribution in [0.4, 0.5) is 4.79 Å². The molecule has 1 N–H and O–H groups in total. The minimum absolute atomic E-state index is 0.00762. The van der Waals surface area contributed by atoms with Gasteiger partial charge in [0.15, 0.2) is 5.69 Å². The van der Waals surface area contributed by atoms with Crippen LogP contribution in [0.3, 0.4) is 0 Å². The normalized spacial score (nSPS) is 24.1. The van der Waals surface area contributed by atoms with Crippen LogP contribution in [-0.4, -0.2) is 46.3 Å². The lowest BCUT2D eigenvalue weighted by Crippen LogP contribution is -2.52. The van der Waals surface area contributed by atoms with E-state index in [4.69, 9.17) is 9.26 Å². The fourth-order valence-electron chi connectivity index (χ4n) is 3.11. The van der Waals surface area contributed by atoms with Crippen LogP contribution in [0.2, 0.25) is 0 Å². The molecule has 1 aliphatic carbocycles. The van der Waals surface area contributed by atoms with Gasteiger partial charge in [0, 0.05) is 30.6 Å². The number of likely N-dealkylation sites (tertiary alicyclic amines) is 1. The molecule has 0 bridgehead atoms. The lowest BCUT2D eigenvalue weighted by atomic mass is 9.98. The summed E-state index contributed by atoms with van der Waals surface area (Å²) in [7, 11) is 0. The van der Waals surface area contributed by atoms with Crippen LogP contribution in [0, 0.1) is 0 Å². The molecule has 1 aliphatic heterocycles. The van der Waals surface area contributed by atoms with Gasteiger partial charge in [0.05, 0.1) is 0 Å². The second-order valence-corrected chi connectivity index (χ2v) is 8.11. The first kappa shape index (κ1) is 17.8. The van der Waals surface area contributed by atoms with Crippen LogP contribution in [-0.2, 0) is 4.74 Å². The fraction of sp³-hybridized carbons (Fsp3) is 0.722. The van der Waals surface area contributed by atoms with Gasteiger partial charge >= 0.3 is 6.09 Å². The summed E-state index contributed by atoms with van der Waals surface area (Å²) < 4.78 is 10.7. The minimum Gasteiger partial charge on any atom is -0.444 e. The number of hydrogen-bond donors (Lipinski definition) is 1. The van der Waals surface area contributed by atoms with E-state index < -0.39 is 5.60 Å². The number of nitrogens with one attached hydrogen (secondary N) is 1. The van der Waals surface area contributed by atoms with Crippen LogP contribution >= 0.6 is 0 Å². The highest BCUT2D eigenvalue weighted by Gasteiger charge is 2.33. The summed E-state index contributed by atoms with van der Waals surface area (Å²) >= 11 is 0. The third-order valence-electron chi connectivity index (χ3n) is 4.58. The Kier molecular flexibility index (Phi) is 4.75. The van der Waals surface area contributed by atoms with Crippen molar-refractivity contribution in [2.75, 3.05) is 6.54 Å². The Morgan fingerprint density at radius 2 is 2.04 bits per heavy atom. The predicted molar refractivity (Wildman–Crippen MR) is 91.4 cm³/mol. The lowest BCUT2D eigenvalue weighted by molar-refractivity contribution is 0.00959. The Hall–Kier alpha value is -2.05. The van der Waals surface area contributed by atoms with E-state index in [1.807, 2.05) is 27.7 Å². The molecule has 0 aromatic carbocycles. The van der Waals surface area contributed by atoms with Gasteiger partial charge < -0.3 is 19.5 Å². The molecule has 2 atom stereocenters. The summed E-state index contributed by atoms with van der Waals surface area (Å²) in [5.74, 6) is 1.03. The molecule has 1 aromatic rings. The third kappa shape index (κ3) is 4.52. The number of hydrogen-bond acceptors (Lipinski definition) is 5. The molecule has 2 heterocycles. The smallest absolute Gasteiger partial charge is 0.410 e. The van der Waals surface area contributed by atoms with Gasteiger partial charge in [-0.25, -0.2) is 4.79 Å². The zero-order valence-corrected chi connectivity index (χ0v) is 15.4. The van der Waals surface area contributed by atoms with Gasteiger partial charge in [0.25, 0.3) is 5.91 Å². The molecule has 0 radical (unpaired) electrons. The highest BCUT2D eigenvalue weighted by Crippen LogP contribution is 2.40. The van der Waals surface area contributed by atoms with Gasteiger partial charge in [-0.1, -0.05) is 5.16 Å². The van der Waals surface area contributed by atoms with Crippen LogP contribution in [0.15, 0.2) is 10.6 Å². The second kappa shape index (κ2) is 6.69. The summed E-state index contributed by atoms with van der Waals surface area (Å²) in [5.41, 5.74) is -0.169. The molecule has 138 valence electrons. The fourth-order valence-corrected chi connectivity index (χ4v) is 3.11. The molecular formula is C18H27N3O4. The van der Waals surface area contributed by atoms with Gasteiger partial charge in [0.1, 0.15) is 11.4 Å². The lowest BCUT2D eigenvalue weighted by Gasteiger charge is -2.38. The first-order chi connectivity index (χ1) is 11.7. The van der Waals surface area contributed by atoms with Crippen molar-refractivity contribution in [2.45, 2.75) is 77.0 Å². The molecule has 3 rings (SSSR count). The third-order valence-corrected chi connectivity index (χ3v) is 4.58. The van der Waals surface area contributed by atoms with Crippen molar-refractivity contribution in [2.24, 2.45) is 0 Å². The van der Waals surface area contributed by atoms with Gasteiger partial charge in [-0.05, 0) is 53.4 Å². The van der Waals surface area contributed by atoms with Gasteiger partial charge in [0.2, 0.25) is 0 Å². The number of carbonyl (C=O) groups excluding carboxylic acids is 2. The average Bonchev–Trinajstić information content (AvgIpc) is 3.22. The Labute approximate surface area is 148 Å². The largest absolute Gasteiger partial charge is 0.444 e. The number of amides is 2. The van der Waals surface area contributed by atoms with E-state index in [0.29, 0.717) is 31.0 Å². The Bertz CT molecular complexity index is 645. The van der Waals surface area contributed by atoms with Crippen molar-refractivity contribution in [1.82, 2.24) is 15.4 Å². The van der Waals surface area contributed by atoms with E-state index >= 15 is 0 Å². The standard InChI is InChI=1S/C18H27N3O4/c1-11-9-13(7-8-21(11)17(23)24-18(2,3)4)19-16(22)14-10-15(25-20-14)12-5-6-12/h10-13H,5-9H2,1-4H3,(H,19,22)/t11-,13?/m0/s1. The number of piperidine rings is 1.